The molecule has 0 radical (unpaired) electrons. The van der Waals surface area contributed by atoms with E-state index in [1.54, 1.807) is 0 Å². The van der Waals surface area contributed by atoms with Crippen LogP contribution in [-0.4, -0.2) is 71.2 Å². The van der Waals surface area contributed by atoms with Gasteiger partial charge >= 0.3 is 0 Å². The van der Waals surface area contributed by atoms with Crippen molar-refractivity contribution in [3.05, 3.63) is 0 Å². The summed E-state index contributed by atoms with van der Waals surface area (Å²) in [5.74, 6) is -1.80. The van der Waals surface area contributed by atoms with Gasteiger partial charge < -0.3 is 25.4 Å². The maximum atomic E-state index is 13.4. The fourth-order valence-corrected chi connectivity index (χ4v) is 6.00. The number of aliphatic hydroxyl groups excluding tert-OH is 1. The Morgan fingerprint density at radius 2 is 1.97 bits per heavy atom. The summed E-state index contributed by atoms with van der Waals surface area (Å²) in [5.41, 5.74) is -0.954. The molecule has 3 N–H and O–H groups in total. The zero-order chi connectivity index (χ0) is 20.6. The monoisotopic (exact) mass is 407 g/mol. The Hall–Kier alpha value is -1.67. The largest absolute Gasteiger partial charge is 0.395 e. The summed E-state index contributed by atoms with van der Waals surface area (Å²) in [7, 11) is 0. The van der Waals surface area contributed by atoms with Gasteiger partial charge in [-0.3, -0.25) is 14.4 Å². The SMILES string of the molecule is CCCNC(=O)[C@@H]1[C@@H]2CCC3(O2)C(C(=O)NC2CCCCC2)N(CCO)C(=O)[C@H]13. The van der Waals surface area contributed by atoms with Crippen LogP contribution < -0.4 is 10.6 Å². The molecule has 5 atom stereocenters. The molecule has 162 valence electrons. The molecule has 1 saturated carbocycles. The molecule has 3 amide bonds. The van der Waals surface area contributed by atoms with Crippen molar-refractivity contribution < 1.29 is 24.2 Å². The standard InChI is InChI=1S/C21H33N3O5/c1-2-10-22-18(26)15-14-8-9-21(29-14)16(15)20(28)24(11-12-25)17(21)19(27)23-13-6-4-3-5-7-13/h13-17,25H,2-12H2,1H3,(H,22,26)(H,23,27)/t14-,15+,16-,17?,21?/m0/s1. The van der Waals surface area contributed by atoms with Gasteiger partial charge in [0.2, 0.25) is 17.7 Å². The molecule has 4 rings (SSSR count). The predicted molar refractivity (Wildman–Crippen MR) is 105 cm³/mol. The average molecular weight is 408 g/mol. The van der Waals surface area contributed by atoms with Gasteiger partial charge in [-0.25, -0.2) is 0 Å². The molecule has 3 aliphatic heterocycles. The van der Waals surface area contributed by atoms with Crippen LogP contribution in [0.1, 0.15) is 58.3 Å². The fourth-order valence-electron chi connectivity index (χ4n) is 6.00. The Labute approximate surface area is 171 Å². The lowest BCUT2D eigenvalue weighted by molar-refractivity contribution is -0.143. The second-order valence-corrected chi connectivity index (χ2v) is 8.95. The third-order valence-electron chi connectivity index (χ3n) is 7.19. The molecule has 8 heteroatoms. The van der Waals surface area contributed by atoms with Crippen molar-refractivity contribution in [2.75, 3.05) is 19.7 Å². The van der Waals surface area contributed by atoms with E-state index in [-0.39, 0.29) is 43.0 Å². The van der Waals surface area contributed by atoms with Crippen LogP contribution in [0, 0.1) is 11.8 Å². The molecule has 3 heterocycles. The van der Waals surface area contributed by atoms with Gasteiger partial charge in [0, 0.05) is 19.1 Å². The highest BCUT2D eigenvalue weighted by Crippen LogP contribution is 2.58. The number of nitrogens with zero attached hydrogens (tertiary/aromatic N) is 1. The molecule has 2 unspecified atom stereocenters. The van der Waals surface area contributed by atoms with E-state index in [0.717, 1.165) is 32.1 Å². The minimum atomic E-state index is -0.954. The van der Waals surface area contributed by atoms with E-state index in [9.17, 15) is 19.5 Å². The van der Waals surface area contributed by atoms with Crippen molar-refractivity contribution in [3.63, 3.8) is 0 Å². The van der Waals surface area contributed by atoms with E-state index in [1.165, 1.54) is 11.3 Å². The first-order valence-corrected chi connectivity index (χ1v) is 11.2. The second-order valence-electron chi connectivity index (χ2n) is 8.95. The topological polar surface area (TPSA) is 108 Å². The number of likely N-dealkylation sites (tertiary alicyclic amines) is 1. The van der Waals surface area contributed by atoms with Crippen molar-refractivity contribution in [1.82, 2.24) is 15.5 Å². The van der Waals surface area contributed by atoms with Crippen LogP contribution in [0.3, 0.4) is 0 Å². The first kappa shape index (κ1) is 20.6. The van der Waals surface area contributed by atoms with Crippen LogP contribution in [-0.2, 0) is 19.1 Å². The second kappa shape index (κ2) is 8.22. The summed E-state index contributed by atoms with van der Waals surface area (Å²) in [4.78, 5) is 41.0. The van der Waals surface area contributed by atoms with Gasteiger partial charge in [-0.15, -0.1) is 0 Å². The summed E-state index contributed by atoms with van der Waals surface area (Å²) < 4.78 is 6.30. The normalized spacial score (nSPS) is 36.3. The number of hydrogen-bond donors (Lipinski definition) is 3. The summed E-state index contributed by atoms with van der Waals surface area (Å²) in [6, 6.07) is -0.650. The Morgan fingerprint density at radius 1 is 1.21 bits per heavy atom. The first-order valence-electron chi connectivity index (χ1n) is 11.2. The zero-order valence-corrected chi connectivity index (χ0v) is 17.2. The van der Waals surface area contributed by atoms with Crippen molar-refractivity contribution in [2.45, 2.75) is 82.1 Å². The number of rotatable bonds is 7. The van der Waals surface area contributed by atoms with Crippen LogP contribution in [0.4, 0.5) is 0 Å². The van der Waals surface area contributed by atoms with Crippen LogP contribution in [0.5, 0.6) is 0 Å². The minimum absolute atomic E-state index is 0.0805. The van der Waals surface area contributed by atoms with E-state index in [1.807, 2.05) is 6.92 Å². The maximum Gasteiger partial charge on any atom is 0.246 e. The van der Waals surface area contributed by atoms with E-state index < -0.39 is 23.5 Å². The van der Waals surface area contributed by atoms with Gasteiger partial charge in [0.05, 0.1) is 24.5 Å². The van der Waals surface area contributed by atoms with Gasteiger partial charge in [-0.05, 0) is 32.1 Å². The zero-order valence-electron chi connectivity index (χ0n) is 17.2. The highest BCUT2D eigenvalue weighted by molar-refractivity contribution is 5.99. The highest BCUT2D eigenvalue weighted by Gasteiger charge is 2.74. The van der Waals surface area contributed by atoms with E-state index in [4.69, 9.17) is 4.74 Å². The maximum absolute atomic E-state index is 13.4. The third kappa shape index (κ3) is 3.34. The summed E-state index contributed by atoms with van der Waals surface area (Å²) in [6.07, 6.45) is 7.06. The number of fused-ring (bicyclic) bond motifs is 1. The predicted octanol–water partition coefficient (Wildman–Crippen LogP) is 0.328. The molecule has 1 aliphatic carbocycles. The van der Waals surface area contributed by atoms with Crippen LogP contribution >= 0.6 is 0 Å². The van der Waals surface area contributed by atoms with Gasteiger partial charge in [0.25, 0.3) is 0 Å². The number of aliphatic hydroxyl groups is 1. The van der Waals surface area contributed by atoms with Crippen LogP contribution in [0.25, 0.3) is 0 Å². The van der Waals surface area contributed by atoms with Gasteiger partial charge in [-0.2, -0.15) is 0 Å². The van der Waals surface area contributed by atoms with Crippen molar-refractivity contribution >= 4 is 17.7 Å². The summed E-state index contributed by atoms with van der Waals surface area (Å²) >= 11 is 0. The van der Waals surface area contributed by atoms with E-state index >= 15 is 0 Å². The van der Waals surface area contributed by atoms with Crippen molar-refractivity contribution in [1.29, 1.82) is 0 Å². The number of amides is 3. The Bertz CT molecular complexity index is 665. The number of ether oxygens (including phenoxy) is 1. The van der Waals surface area contributed by atoms with E-state index in [0.29, 0.717) is 19.4 Å². The van der Waals surface area contributed by atoms with Crippen molar-refractivity contribution in [3.8, 4) is 0 Å². The van der Waals surface area contributed by atoms with Crippen LogP contribution in [0.15, 0.2) is 0 Å². The van der Waals surface area contributed by atoms with Gasteiger partial charge in [-0.1, -0.05) is 26.2 Å². The molecule has 2 bridgehead atoms. The number of carbonyl (C=O) groups is 3. The Morgan fingerprint density at radius 3 is 2.66 bits per heavy atom. The smallest absolute Gasteiger partial charge is 0.246 e. The number of β-amino-alcohol motifs (C(OH)–C–C–N with tert-alkyl or cyclic N) is 1. The summed E-state index contributed by atoms with van der Waals surface area (Å²) in [6.45, 7) is 2.39. The molecular formula is C21H33N3O5. The molecule has 1 spiro atoms. The molecule has 0 aromatic rings. The molecule has 0 aromatic carbocycles. The van der Waals surface area contributed by atoms with Crippen LogP contribution in [0.2, 0.25) is 0 Å². The van der Waals surface area contributed by atoms with Crippen molar-refractivity contribution in [2.24, 2.45) is 11.8 Å². The minimum Gasteiger partial charge on any atom is -0.395 e. The number of carbonyl (C=O) groups excluding carboxylic acids is 3. The highest BCUT2D eigenvalue weighted by atomic mass is 16.5. The first-order chi connectivity index (χ1) is 14.0. The summed E-state index contributed by atoms with van der Waals surface area (Å²) in [5, 5.41) is 15.6. The fraction of sp³-hybridized carbons (Fsp3) is 0.857. The lowest BCUT2D eigenvalue weighted by Gasteiger charge is -2.35. The Kier molecular flexibility index (Phi) is 5.84. The third-order valence-corrected chi connectivity index (χ3v) is 7.19. The molecule has 3 saturated heterocycles. The lowest BCUT2D eigenvalue weighted by atomic mass is 9.70. The average Bonchev–Trinajstić information content (AvgIpc) is 3.35. The van der Waals surface area contributed by atoms with Gasteiger partial charge in [0.1, 0.15) is 11.6 Å². The number of nitrogens with one attached hydrogen (secondary N) is 2. The molecule has 0 aromatic heterocycles. The quantitative estimate of drug-likeness (QED) is 0.564. The molecule has 29 heavy (non-hydrogen) atoms. The molecule has 8 nitrogen and oxygen atoms in total. The molecule has 4 aliphatic rings. The molecular weight excluding hydrogens is 374 g/mol. The Balaban J connectivity index is 1.60. The lowest BCUT2D eigenvalue weighted by Crippen LogP contribution is -2.57. The van der Waals surface area contributed by atoms with Gasteiger partial charge in [0.15, 0.2) is 0 Å². The molecule has 4 fully saturated rings. The number of hydrogen-bond acceptors (Lipinski definition) is 5. The van der Waals surface area contributed by atoms with E-state index in [2.05, 4.69) is 10.6 Å².